The topological polar surface area (TPSA) is 65.9 Å². The first kappa shape index (κ1) is 8.34. The van der Waals surface area contributed by atoms with E-state index in [0.717, 1.165) is 0 Å². The lowest BCUT2D eigenvalue weighted by Crippen LogP contribution is -2.11. The minimum Gasteiger partial charge on any atom is -0.384 e. The quantitative estimate of drug-likeness (QED) is 0.656. The number of aromatic nitrogens is 1. The van der Waals surface area contributed by atoms with Crippen molar-refractivity contribution in [3.05, 3.63) is 17.7 Å². The molecule has 0 aliphatic rings. The summed E-state index contributed by atoms with van der Waals surface area (Å²) in [5, 5.41) is 8.62. The lowest BCUT2D eigenvalue weighted by atomic mass is 10.3. The monoisotopic (exact) mass is 162 g/mol. The summed E-state index contributed by atoms with van der Waals surface area (Å²) in [6.07, 6.45) is 0. The number of pyridine rings is 1. The van der Waals surface area contributed by atoms with Gasteiger partial charge in [-0.2, -0.15) is 5.26 Å². The standard InChI is InChI=1S/C8H10N4/c1-12(2)8-4-6(5-9)3-7(10)11-8/h3-4H,1-2H3,(H2,10,11). The molecule has 0 atom stereocenters. The first-order valence-corrected chi connectivity index (χ1v) is 3.48. The molecule has 0 unspecified atom stereocenters. The summed E-state index contributed by atoms with van der Waals surface area (Å²) < 4.78 is 0. The molecule has 0 radical (unpaired) electrons. The van der Waals surface area contributed by atoms with Crippen LogP contribution in [0.4, 0.5) is 11.6 Å². The maximum absolute atomic E-state index is 8.62. The van der Waals surface area contributed by atoms with Crippen LogP contribution in [0, 0.1) is 11.3 Å². The molecule has 2 N–H and O–H groups in total. The number of hydrogen-bond donors (Lipinski definition) is 1. The Labute approximate surface area is 71.2 Å². The van der Waals surface area contributed by atoms with Crippen LogP contribution in [0.5, 0.6) is 0 Å². The predicted octanol–water partition coefficient (Wildman–Crippen LogP) is 0.601. The van der Waals surface area contributed by atoms with Gasteiger partial charge in [0.2, 0.25) is 0 Å². The zero-order chi connectivity index (χ0) is 9.14. The molecule has 0 bridgehead atoms. The number of hydrogen-bond acceptors (Lipinski definition) is 4. The van der Waals surface area contributed by atoms with Gasteiger partial charge in [-0.05, 0) is 12.1 Å². The molecule has 0 amide bonds. The van der Waals surface area contributed by atoms with Crippen LogP contribution in [0.3, 0.4) is 0 Å². The van der Waals surface area contributed by atoms with Gasteiger partial charge in [-0.1, -0.05) is 0 Å². The van der Waals surface area contributed by atoms with Crippen molar-refractivity contribution in [2.24, 2.45) is 0 Å². The summed E-state index contributed by atoms with van der Waals surface area (Å²) in [6.45, 7) is 0. The van der Waals surface area contributed by atoms with Crippen molar-refractivity contribution in [3.8, 4) is 6.07 Å². The van der Waals surface area contributed by atoms with Gasteiger partial charge in [-0.15, -0.1) is 0 Å². The molecule has 1 heterocycles. The van der Waals surface area contributed by atoms with Crippen molar-refractivity contribution >= 4 is 11.6 Å². The van der Waals surface area contributed by atoms with Crippen LogP contribution in [0.25, 0.3) is 0 Å². The van der Waals surface area contributed by atoms with E-state index in [9.17, 15) is 0 Å². The predicted molar refractivity (Wildman–Crippen MR) is 47.7 cm³/mol. The molecular weight excluding hydrogens is 152 g/mol. The maximum atomic E-state index is 8.62. The van der Waals surface area contributed by atoms with E-state index < -0.39 is 0 Å². The van der Waals surface area contributed by atoms with E-state index >= 15 is 0 Å². The van der Waals surface area contributed by atoms with Crippen LogP contribution in [0.1, 0.15) is 5.56 Å². The van der Waals surface area contributed by atoms with Crippen molar-refractivity contribution in [2.75, 3.05) is 24.7 Å². The molecule has 0 fully saturated rings. The van der Waals surface area contributed by atoms with Crippen LogP contribution in [-0.2, 0) is 0 Å². The Morgan fingerprint density at radius 2 is 2.17 bits per heavy atom. The van der Waals surface area contributed by atoms with Gasteiger partial charge in [0.25, 0.3) is 0 Å². The van der Waals surface area contributed by atoms with Crippen LogP contribution in [0.2, 0.25) is 0 Å². The summed E-state index contributed by atoms with van der Waals surface area (Å²) >= 11 is 0. The highest BCUT2D eigenvalue weighted by molar-refractivity contribution is 5.51. The minimum atomic E-state index is 0.373. The van der Waals surface area contributed by atoms with Crippen LogP contribution >= 0.6 is 0 Å². The first-order valence-electron chi connectivity index (χ1n) is 3.48. The maximum Gasteiger partial charge on any atom is 0.131 e. The van der Waals surface area contributed by atoms with Gasteiger partial charge in [-0.3, -0.25) is 0 Å². The van der Waals surface area contributed by atoms with Crippen molar-refractivity contribution in [2.45, 2.75) is 0 Å². The Balaban J connectivity index is 3.17. The second kappa shape index (κ2) is 3.09. The summed E-state index contributed by atoms with van der Waals surface area (Å²) in [7, 11) is 3.70. The zero-order valence-electron chi connectivity index (χ0n) is 7.07. The molecule has 12 heavy (non-hydrogen) atoms. The third-order valence-electron chi connectivity index (χ3n) is 1.42. The minimum absolute atomic E-state index is 0.373. The van der Waals surface area contributed by atoms with E-state index in [4.69, 9.17) is 11.0 Å². The summed E-state index contributed by atoms with van der Waals surface area (Å²) in [4.78, 5) is 5.84. The SMILES string of the molecule is CN(C)c1cc(C#N)cc(N)n1. The van der Waals surface area contributed by atoms with Crippen molar-refractivity contribution in [1.29, 1.82) is 5.26 Å². The summed E-state index contributed by atoms with van der Waals surface area (Å²) in [5.41, 5.74) is 6.02. The lowest BCUT2D eigenvalue weighted by molar-refractivity contribution is 1.07. The van der Waals surface area contributed by atoms with Gasteiger partial charge in [0.15, 0.2) is 0 Å². The van der Waals surface area contributed by atoms with Crippen LogP contribution < -0.4 is 10.6 Å². The number of nitrogens with two attached hydrogens (primary N) is 1. The Bertz CT molecular complexity index is 324. The highest BCUT2D eigenvalue weighted by Gasteiger charge is 2.00. The molecule has 0 aromatic carbocycles. The molecule has 0 saturated carbocycles. The lowest BCUT2D eigenvalue weighted by Gasteiger charge is -2.11. The average molecular weight is 162 g/mol. The Kier molecular flexibility index (Phi) is 2.15. The Morgan fingerprint density at radius 3 is 2.67 bits per heavy atom. The third-order valence-corrected chi connectivity index (χ3v) is 1.42. The van der Waals surface area contributed by atoms with Gasteiger partial charge in [0.05, 0.1) is 11.6 Å². The molecule has 0 saturated heterocycles. The first-order chi connectivity index (χ1) is 5.63. The van der Waals surface area contributed by atoms with E-state index in [2.05, 4.69) is 4.98 Å². The fraction of sp³-hybridized carbons (Fsp3) is 0.250. The molecule has 4 nitrogen and oxygen atoms in total. The van der Waals surface area contributed by atoms with Gasteiger partial charge < -0.3 is 10.6 Å². The second-order valence-corrected chi connectivity index (χ2v) is 2.65. The van der Waals surface area contributed by atoms with Crippen molar-refractivity contribution in [1.82, 2.24) is 4.98 Å². The highest BCUT2D eigenvalue weighted by atomic mass is 15.1. The highest BCUT2D eigenvalue weighted by Crippen LogP contribution is 2.12. The van der Waals surface area contributed by atoms with E-state index in [1.54, 1.807) is 17.0 Å². The zero-order valence-corrected chi connectivity index (χ0v) is 7.07. The molecule has 62 valence electrons. The number of nitrogens with zero attached hydrogens (tertiary/aromatic N) is 3. The van der Waals surface area contributed by atoms with Crippen molar-refractivity contribution < 1.29 is 0 Å². The number of anilines is 2. The van der Waals surface area contributed by atoms with E-state index in [0.29, 0.717) is 17.2 Å². The molecule has 0 spiro atoms. The molecule has 1 aromatic rings. The largest absolute Gasteiger partial charge is 0.384 e. The summed E-state index contributed by atoms with van der Waals surface area (Å²) in [5.74, 6) is 1.07. The van der Waals surface area contributed by atoms with Gasteiger partial charge in [-0.25, -0.2) is 4.98 Å². The van der Waals surface area contributed by atoms with Crippen molar-refractivity contribution in [3.63, 3.8) is 0 Å². The van der Waals surface area contributed by atoms with Crippen LogP contribution in [-0.4, -0.2) is 19.1 Å². The average Bonchev–Trinajstić information content (AvgIpc) is 2.03. The van der Waals surface area contributed by atoms with Gasteiger partial charge >= 0.3 is 0 Å². The van der Waals surface area contributed by atoms with E-state index in [-0.39, 0.29) is 0 Å². The normalized spacial score (nSPS) is 9.08. The second-order valence-electron chi connectivity index (χ2n) is 2.65. The number of rotatable bonds is 1. The molecular formula is C8H10N4. The molecule has 1 aromatic heterocycles. The third kappa shape index (κ3) is 1.64. The Hall–Kier alpha value is -1.76. The smallest absolute Gasteiger partial charge is 0.131 e. The van der Waals surface area contributed by atoms with Gasteiger partial charge in [0.1, 0.15) is 11.6 Å². The molecule has 1 rings (SSSR count). The van der Waals surface area contributed by atoms with Crippen LogP contribution in [0.15, 0.2) is 12.1 Å². The molecule has 4 heteroatoms. The fourth-order valence-corrected chi connectivity index (χ4v) is 0.831. The molecule has 0 aliphatic carbocycles. The summed E-state index contributed by atoms with van der Waals surface area (Å²) in [6, 6.07) is 5.26. The molecule has 0 aliphatic heterocycles. The van der Waals surface area contributed by atoms with Gasteiger partial charge in [0, 0.05) is 14.1 Å². The van der Waals surface area contributed by atoms with E-state index in [1.807, 2.05) is 20.2 Å². The number of nitrogen functional groups attached to an aromatic ring is 1. The number of nitriles is 1. The van der Waals surface area contributed by atoms with E-state index in [1.165, 1.54) is 0 Å². The Morgan fingerprint density at radius 1 is 1.50 bits per heavy atom. The fourth-order valence-electron chi connectivity index (χ4n) is 0.831.